The molecular weight excluding hydrogens is 449 g/mol. The zero-order valence-corrected chi connectivity index (χ0v) is 19.0. The highest BCUT2D eigenvalue weighted by Crippen LogP contribution is 2.21. The van der Waals surface area contributed by atoms with Gasteiger partial charge in [-0.25, -0.2) is 9.98 Å². The normalized spacial score (nSPS) is 20.3. The first-order valence-electron chi connectivity index (χ1n) is 9.71. The first-order chi connectivity index (χ1) is 12.6. The zero-order chi connectivity index (χ0) is 18.4. The molecule has 5 nitrogen and oxygen atoms in total. The molecule has 2 atom stereocenters. The van der Waals surface area contributed by atoms with Gasteiger partial charge < -0.3 is 14.8 Å². The first-order valence-corrected chi connectivity index (χ1v) is 9.71. The van der Waals surface area contributed by atoms with Gasteiger partial charge in [0.2, 0.25) is 0 Å². The third-order valence-corrected chi connectivity index (χ3v) is 4.83. The quantitative estimate of drug-likeness (QED) is 0.399. The number of nitrogens with one attached hydrogen (secondary N) is 1. The molecule has 148 valence electrons. The summed E-state index contributed by atoms with van der Waals surface area (Å²) in [6, 6.07) is 8.68. The summed E-state index contributed by atoms with van der Waals surface area (Å²) >= 11 is 0. The van der Waals surface area contributed by atoms with Crippen LogP contribution in [0.25, 0.3) is 0 Å². The van der Waals surface area contributed by atoms with Crippen LogP contribution in [0.15, 0.2) is 48.0 Å². The van der Waals surface area contributed by atoms with Crippen LogP contribution >= 0.6 is 24.0 Å². The van der Waals surface area contributed by atoms with Crippen LogP contribution < -0.4 is 5.32 Å². The van der Waals surface area contributed by atoms with Gasteiger partial charge in [0, 0.05) is 38.6 Å². The Morgan fingerprint density at radius 2 is 1.96 bits per heavy atom. The molecule has 1 N–H and O–H groups in total. The first kappa shape index (κ1) is 21.7. The van der Waals surface area contributed by atoms with E-state index in [0.717, 1.165) is 44.0 Å². The largest absolute Gasteiger partial charge is 0.357 e. The van der Waals surface area contributed by atoms with E-state index in [4.69, 9.17) is 4.99 Å². The summed E-state index contributed by atoms with van der Waals surface area (Å²) in [6.45, 7) is 11.5. The fraction of sp³-hybridized carbons (Fsp3) is 0.524. The summed E-state index contributed by atoms with van der Waals surface area (Å²) in [4.78, 5) is 11.5. The maximum Gasteiger partial charge on any atom is 0.194 e. The minimum Gasteiger partial charge on any atom is -0.357 e. The molecule has 6 heteroatoms. The number of halogens is 1. The van der Waals surface area contributed by atoms with Gasteiger partial charge in [-0.1, -0.05) is 38.1 Å². The van der Waals surface area contributed by atoms with Crippen LogP contribution in [0, 0.1) is 11.8 Å². The maximum absolute atomic E-state index is 4.93. The molecule has 0 radical (unpaired) electrons. The monoisotopic (exact) mass is 481 g/mol. The zero-order valence-electron chi connectivity index (χ0n) is 16.6. The second-order valence-electron chi connectivity index (χ2n) is 7.58. The van der Waals surface area contributed by atoms with Crippen molar-refractivity contribution < 1.29 is 0 Å². The maximum atomic E-state index is 4.93. The van der Waals surface area contributed by atoms with Gasteiger partial charge in [0.15, 0.2) is 5.96 Å². The summed E-state index contributed by atoms with van der Waals surface area (Å²) in [5.41, 5.74) is 2.53. The van der Waals surface area contributed by atoms with Gasteiger partial charge >= 0.3 is 0 Å². The molecule has 1 saturated heterocycles. The lowest BCUT2D eigenvalue weighted by molar-refractivity contribution is 0.208. The number of piperidine rings is 1. The molecule has 3 rings (SSSR count). The van der Waals surface area contributed by atoms with Crippen LogP contribution in [-0.4, -0.2) is 40.0 Å². The van der Waals surface area contributed by atoms with E-state index in [1.807, 2.05) is 18.7 Å². The van der Waals surface area contributed by atoms with Crippen LogP contribution in [0.4, 0.5) is 0 Å². The molecule has 1 aromatic heterocycles. The average Bonchev–Trinajstić information content (AvgIpc) is 3.11. The van der Waals surface area contributed by atoms with Gasteiger partial charge in [-0.3, -0.25) is 0 Å². The number of hydrogen-bond donors (Lipinski definition) is 1. The molecule has 0 amide bonds. The summed E-state index contributed by atoms with van der Waals surface area (Å²) < 4.78 is 2.09. The lowest BCUT2D eigenvalue weighted by atomic mass is 9.92. The number of rotatable bonds is 5. The van der Waals surface area contributed by atoms with Gasteiger partial charge in [0.25, 0.3) is 0 Å². The minimum atomic E-state index is 0. The number of guanidine groups is 1. The third-order valence-electron chi connectivity index (χ3n) is 4.83. The molecule has 27 heavy (non-hydrogen) atoms. The summed E-state index contributed by atoms with van der Waals surface area (Å²) in [5, 5.41) is 3.48. The number of nitrogens with zero attached hydrogens (tertiary/aromatic N) is 4. The van der Waals surface area contributed by atoms with Crippen LogP contribution in [0.5, 0.6) is 0 Å². The number of benzene rings is 1. The Labute approximate surface area is 180 Å². The highest BCUT2D eigenvalue weighted by molar-refractivity contribution is 14.0. The number of likely N-dealkylation sites (tertiary alicyclic amines) is 1. The Morgan fingerprint density at radius 3 is 2.63 bits per heavy atom. The van der Waals surface area contributed by atoms with Crippen LogP contribution in [0.3, 0.4) is 0 Å². The fourth-order valence-electron chi connectivity index (χ4n) is 3.85. The van der Waals surface area contributed by atoms with Crippen molar-refractivity contribution >= 4 is 29.9 Å². The molecule has 0 bridgehead atoms. The Bertz CT molecular complexity index is 703. The highest BCUT2D eigenvalue weighted by Gasteiger charge is 2.23. The lowest BCUT2D eigenvalue weighted by Gasteiger charge is -2.37. The fourth-order valence-corrected chi connectivity index (χ4v) is 3.85. The lowest BCUT2D eigenvalue weighted by Crippen LogP contribution is -2.48. The number of aliphatic imine (C=N–C) groups is 1. The number of aromatic nitrogens is 2. The smallest absolute Gasteiger partial charge is 0.194 e. The molecule has 2 unspecified atom stereocenters. The average molecular weight is 481 g/mol. The van der Waals surface area contributed by atoms with Gasteiger partial charge in [-0.15, -0.1) is 24.0 Å². The van der Waals surface area contributed by atoms with Crippen molar-refractivity contribution in [3.8, 4) is 0 Å². The molecule has 1 fully saturated rings. The van der Waals surface area contributed by atoms with Crippen molar-refractivity contribution in [1.29, 1.82) is 0 Å². The summed E-state index contributed by atoms with van der Waals surface area (Å²) in [7, 11) is 0. The van der Waals surface area contributed by atoms with Gasteiger partial charge in [0.05, 0.1) is 12.9 Å². The molecule has 0 saturated carbocycles. The summed E-state index contributed by atoms with van der Waals surface area (Å²) in [5.74, 6) is 2.49. The van der Waals surface area contributed by atoms with Crippen LogP contribution in [0.2, 0.25) is 0 Å². The van der Waals surface area contributed by atoms with Gasteiger partial charge in [-0.05, 0) is 36.3 Å². The molecule has 0 spiro atoms. The van der Waals surface area contributed by atoms with Crippen molar-refractivity contribution in [3.05, 3.63) is 54.1 Å². The van der Waals surface area contributed by atoms with E-state index >= 15 is 0 Å². The van der Waals surface area contributed by atoms with E-state index in [-0.39, 0.29) is 24.0 Å². The van der Waals surface area contributed by atoms with Crippen LogP contribution in [0.1, 0.15) is 38.3 Å². The Hall–Kier alpha value is -1.57. The Morgan fingerprint density at radius 1 is 1.22 bits per heavy atom. The van der Waals surface area contributed by atoms with Crippen molar-refractivity contribution in [2.24, 2.45) is 16.8 Å². The second-order valence-corrected chi connectivity index (χ2v) is 7.58. The molecule has 2 heterocycles. The number of imidazole rings is 1. The van der Waals surface area contributed by atoms with E-state index in [9.17, 15) is 0 Å². The second kappa shape index (κ2) is 10.7. The van der Waals surface area contributed by atoms with Gasteiger partial charge in [0.1, 0.15) is 0 Å². The molecular formula is C21H32IN5. The van der Waals surface area contributed by atoms with Crippen molar-refractivity contribution in [3.63, 3.8) is 0 Å². The standard InChI is InChI=1S/C21H31N5.HI/c1-4-23-21(26-13-17(2)10-18(3)14-26)24-12-19-6-5-7-20(11-19)15-25-9-8-22-16-25;/h5-9,11,16-18H,4,10,12-15H2,1-3H3,(H,23,24);1H. The highest BCUT2D eigenvalue weighted by atomic mass is 127. The van der Waals surface area contributed by atoms with Crippen molar-refractivity contribution in [1.82, 2.24) is 19.8 Å². The predicted octanol–water partition coefficient (Wildman–Crippen LogP) is 3.99. The van der Waals surface area contributed by atoms with Gasteiger partial charge in [-0.2, -0.15) is 0 Å². The Kier molecular flexibility index (Phi) is 8.60. The molecule has 1 aromatic carbocycles. The Balaban J connectivity index is 0.00000261. The molecule has 2 aromatic rings. The minimum absolute atomic E-state index is 0. The molecule has 1 aliphatic rings. The summed E-state index contributed by atoms with van der Waals surface area (Å²) in [6.07, 6.45) is 6.98. The number of hydrogen-bond acceptors (Lipinski definition) is 2. The van der Waals surface area contributed by atoms with E-state index in [1.165, 1.54) is 17.5 Å². The van der Waals surface area contributed by atoms with E-state index in [2.05, 4.69) is 64.8 Å². The predicted molar refractivity (Wildman–Crippen MR) is 123 cm³/mol. The van der Waals surface area contributed by atoms with Crippen molar-refractivity contribution in [2.75, 3.05) is 19.6 Å². The third kappa shape index (κ3) is 6.52. The van der Waals surface area contributed by atoms with E-state index < -0.39 is 0 Å². The molecule has 1 aliphatic heterocycles. The molecule has 0 aliphatic carbocycles. The topological polar surface area (TPSA) is 45.5 Å². The SMILES string of the molecule is CCNC(=NCc1cccc(Cn2ccnc2)c1)N1CC(C)CC(C)C1.I. The van der Waals surface area contributed by atoms with Crippen LogP contribution in [-0.2, 0) is 13.1 Å². The van der Waals surface area contributed by atoms with E-state index in [1.54, 1.807) is 0 Å². The van der Waals surface area contributed by atoms with E-state index in [0.29, 0.717) is 6.54 Å². The van der Waals surface area contributed by atoms with Crippen molar-refractivity contribution in [2.45, 2.75) is 40.3 Å².